The quantitative estimate of drug-likeness (QED) is 0.441. The third-order valence-electron chi connectivity index (χ3n) is 4.28. The summed E-state index contributed by atoms with van der Waals surface area (Å²) in [4.78, 5) is 7.43. The van der Waals surface area contributed by atoms with Crippen molar-refractivity contribution in [2.75, 3.05) is 17.2 Å². The standard InChI is InChI=1S/C21H18F3N5O3S/c1-3-10-32-16-8-6-14(7-9-16)28-20-26-12-17(21(22,23)24)19(29-20)27-15-5-4-13(2)18(11-15)33(25,30)31/h1,4-9,11-12H,10H2,2H3,(H2,25,30,31)(H2,26,27,28,29). The molecule has 0 spiro atoms. The third-order valence-corrected chi connectivity index (χ3v) is 5.34. The number of alkyl halides is 3. The van der Waals surface area contributed by atoms with Crippen LogP contribution >= 0.6 is 0 Å². The predicted molar refractivity (Wildman–Crippen MR) is 117 cm³/mol. The second kappa shape index (κ2) is 9.35. The summed E-state index contributed by atoms with van der Waals surface area (Å²) in [5.41, 5.74) is -0.252. The molecule has 172 valence electrons. The Morgan fingerprint density at radius 1 is 1.12 bits per heavy atom. The van der Waals surface area contributed by atoms with E-state index in [9.17, 15) is 21.6 Å². The lowest BCUT2D eigenvalue weighted by Crippen LogP contribution is -2.15. The minimum absolute atomic E-state index is 0.0507. The van der Waals surface area contributed by atoms with Gasteiger partial charge < -0.3 is 15.4 Å². The number of hydrogen-bond acceptors (Lipinski definition) is 7. The molecule has 1 aromatic heterocycles. The minimum Gasteiger partial charge on any atom is -0.481 e. The molecule has 0 saturated heterocycles. The summed E-state index contributed by atoms with van der Waals surface area (Å²) in [5, 5.41) is 10.5. The molecule has 0 aliphatic heterocycles. The zero-order valence-corrected chi connectivity index (χ0v) is 18.0. The van der Waals surface area contributed by atoms with Crippen LogP contribution in [0.3, 0.4) is 0 Å². The van der Waals surface area contributed by atoms with Crippen molar-refractivity contribution in [1.29, 1.82) is 0 Å². The molecule has 0 radical (unpaired) electrons. The number of aryl methyl sites for hydroxylation is 1. The maximum Gasteiger partial charge on any atom is 0.421 e. The van der Waals surface area contributed by atoms with E-state index < -0.39 is 27.6 Å². The van der Waals surface area contributed by atoms with Gasteiger partial charge in [-0.2, -0.15) is 18.2 Å². The highest BCUT2D eigenvalue weighted by Crippen LogP contribution is 2.35. The van der Waals surface area contributed by atoms with Crippen molar-refractivity contribution >= 4 is 33.2 Å². The van der Waals surface area contributed by atoms with E-state index >= 15 is 0 Å². The topological polar surface area (TPSA) is 119 Å². The number of nitrogens with zero attached hydrogens (tertiary/aromatic N) is 2. The van der Waals surface area contributed by atoms with Gasteiger partial charge in [-0.3, -0.25) is 0 Å². The number of nitrogens with two attached hydrogens (primary N) is 1. The number of hydrogen-bond donors (Lipinski definition) is 3. The number of primary sulfonamides is 1. The van der Waals surface area contributed by atoms with Crippen LogP contribution in [0.4, 0.5) is 36.3 Å². The van der Waals surface area contributed by atoms with E-state index in [1.54, 1.807) is 24.3 Å². The molecular formula is C21H18F3N5O3S. The molecule has 3 aromatic rings. The highest BCUT2D eigenvalue weighted by molar-refractivity contribution is 7.89. The first-order chi connectivity index (χ1) is 15.5. The van der Waals surface area contributed by atoms with Crippen LogP contribution in [0.5, 0.6) is 5.75 Å². The highest BCUT2D eigenvalue weighted by Gasteiger charge is 2.35. The van der Waals surface area contributed by atoms with Crippen molar-refractivity contribution in [2.24, 2.45) is 5.14 Å². The number of anilines is 4. The molecule has 0 aliphatic carbocycles. The van der Waals surface area contributed by atoms with E-state index in [4.69, 9.17) is 16.3 Å². The van der Waals surface area contributed by atoms with Crippen molar-refractivity contribution in [2.45, 2.75) is 18.0 Å². The maximum absolute atomic E-state index is 13.5. The number of aromatic nitrogens is 2. The lowest BCUT2D eigenvalue weighted by atomic mass is 10.2. The summed E-state index contributed by atoms with van der Waals surface area (Å²) in [6.45, 7) is 1.61. The number of benzene rings is 2. The van der Waals surface area contributed by atoms with Crippen molar-refractivity contribution in [1.82, 2.24) is 9.97 Å². The monoisotopic (exact) mass is 477 g/mol. The molecule has 3 rings (SSSR count). The summed E-state index contributed by atoms with van der Waals surface area (Å²) >= 11 is 0. The third kappa shape index (κ3) is 6.12. The Morgan fingerprint density at radius 3 is 2.39 bits per heavy atom. The zero-order valence-electron chi connectivity index (χ0n) is 17.1. The number of terminal acetylenes is 1. The molecule has 4 N–H and O–H groups in total. The van der Waals surface area contributed by atoms with Crippen LogP contribution in [0, 0.1) is 19.3 Å². The van der Waals surface area contributed by atoms with Gasteiger partial charge in [0.05, 0.1) is 4.90 Å². The van der Waals surface area contributed by atoms with Gasteiger partial charge in [-0.25, -0.2) is 18.5 Å². The van der Waals surface area contributed by atoms with Gasteiger partial charge in [0.2, 0.25) is 16.0 Å². The summed E-state index contributed by atoms with van der Waals surface area (Å²) in [5.74, 6) is 2.15. The molecule has 0 atom stereocenters. The summed E-state index contributed by atoms with van der Waals surface area (Å²) < 4.78 is 69.3. The lowest BCUT2D eigenvalue weighted by Gasteiger charge is -2.16. The molecular weight excluding hydrogens is 459 g/mol. The molecule has 1 heterocycles. The molecule has 33 heavy (non-hydrogen) atoms. The average Bonchev–Trinajstić information content (AvgIpc) is 2.73. The van der Waals surface area contributed by atoms with Crippen LogP contribution in [0.25, 0.3) is 0 Å². The molecule has 12 heteroatoms. The first-order valence-corrected chi connectivity index (χ1v) is 10.8. The molecule has 2 aromatic carbocycles. The fourth-order valence-electron chi connectivity index (χ4n) is 2.75. The zero-order chi connectivity index (χ0) is 24.2. The molecule has 0 aliphatic rings. The molecule has 0 unspecified atom stereocenters. The largest absolute Gasteiger partial charge is 0.481 e. The molecule has 8 nitrogen and oxygen atoms in total. The first kappa shape index (κ1) is 23.8. The van der Waals surface area contributed by atoms with Crippen molar-refractivity contribution in [3.05, 3.63) is 59.8 Å². The first-order valence-electron chi connectivity index (χ1n) is 9.25. The lowest BCUT2D eigenvalue weighted by molar-refractivity contribution is -0.137. The number of ether oxygens (including phenoxy) is 1. The van der Waals surface area contributed by atoms with Crippen LogP contribution in [-0.4, -0.2) is 25.0 Å². The highest BCUT2D eigenvalue weighted by atomic mass is 32.2. The molecule has 0 saturated carbocycles. The van der Waals surface area contributed by atoms with E-state index in [1.807, 2.05) is 0 Å². The number of halogens is 3. The van der Waals surface area contributed by atoms with E-state index in [-0.39, 0.29) is 23.1 Å². The van der Waals surface area contributed by atoms with E-state index in [0.29, 0.717) is 23.2 Å². The maximum atomic E-state index is 13.5. The van der Waals surface area contributed by atoms with Gasteiger partial charge in [-0.05, 0) is 48.9 Å². The summed E-state index contributed by atoms with van der Waals surface area (Å²) in [6.07, 6.45) is 0.994. The van der Waals surface area contributed by atoms with Crippen LogP contribution in [0.1, 0.15) is 11.1 Å². The predicted octanol–water partition coefficient (Wildman–Crippen LogP) is 3.95. The molecule has 0 bridgehead atoms. The Morgan fingerprint density at radius 2 is 1.79 bits per heavy atom. The number of nitrogens with one attached hydrogen (secondary N) is 2. The summed E-state index contributed by atoms with van der Waals surface area (Å²) in [7, 11) is -4.07. The smallest absolute Gasteiger partial charge is 0.421 e. The fourth-order valence-corrected chi connectivity index (χ4v) is 3.56. The van der Waals surface area contributed by atoms with Crippen molar-refractivity contribution in [3.63, 3.8) is 0 Å². The van der Waals surface area contributed by atoms with Gasteiger partial charge in [0.15, 0.2) is 0 Å². The Bertz CT molecular complexity index is 1300. The second-order valence-corrected chi connectivity index (χ2v) is 8.28. The average molecular weight is 477 g/mol. The Balaban J connectivity index is 1.92. The van der Waals surface area contributed by atoms with Gasteiger partial charge in [-0.1, -0.05) is 12.0 Å². The van der Waals surface area contributed by atoms with Crippen LogP contribution < -0.4 is 20.5 Å². The van der Waals surface area contributed by atoms with Gasteiger partial charge in [0.1, 0.15) is 23.7 Å². The second-order valence-electron chi connectivity index (χ2n) is 6.75. The van der Waals surface area contributed by atoms with Gasteiger partial charge >= 0.3 is 6.18 Å². The van der Waals surface area contributed by atoms with Crippen molar-refractivity contribution < 1.29 is 26.3 Å². The summed E-state index contributed by atoms with van der Waals surface area (Å²) in [6, 6.07) is 10.4. The Kier molecular flexibility index (Phi) is 6.75. The van der Waals surface area contributed by atoms with E-state index in [1.165, 1.54) is 19.1 Å². The van der Waals surface area contributed by atoms with E-state index in [2.05, 4.69) is 26.5 Å². The number of sulfonamides is 1. The number of rotatable bonds is 7. The van der Waals surface area contributed by atoms with Gasteiger partial charge in [0, 0.05) is 17.6 Å². The normalized spacial score (nSPS) is 11.5. The Hall–Kier alpha value is -3.82. The SMILES string of the molecule is C#CCOc1ccc(Nc2ncc(C(F)(F)F)c(Nc3ccc(C)c(S(N)(=O)=O)c3)n2)cc1. The fraction of sp³-hybridized carbons (Fsp3) is 0.143. The minimum atomic E-state index is -4.76. The van der Waals surface area contributed by atoms with Crippen molar-refractivity contribution in [3.8, 4) is 18.1 Å². The van der Waals surface area contributed by atoms with Gasteiger partial charge in [-0.15, -0.1) is 6.42 Å². The molecule has 0 fully saturated rings. The van der Waals surface area contributed by atoms with Crippen LogP contribution in [0.2, 0.25) is 0 Å². The van der Waals surface area contributed by atoms with Crippen LogP contribution in [0.15, 0.2) is 53.6 Å². The molecule has 0 amide bonds. The Labute approximate surface area is 188 Å². The van der Waals surface area contributed by atoms with Crippen LogP contribution in [-0.2, 0) is 16.2 Å². The van der Waals surface area contributed by atoms with Gasteiger partial charge in [0.25, 0.3) is 0 Å². The van der Waals surface area contributed by atoms with E-state index in [0.717, 1.165) is 6.07 Å².